The minimum Gasteiger partial charge on any atom is -0.311 e. The minimum absolute atomic E-state index is 0.276. The summed E-state index contributed by atoms with van der Waals surface area (Å²) in [5.41, 5.74) is -2.25. The van der Waals surface area contributed by atoms with Crippen molar-refractivity contribution in [2.24, 2.45) is 5.41 Å². The molecule has 0 saturated heterocycles. The van der Waals surface area contributed by atoms with Crippen LogP contribution in [0.5, 0.6) is 0 Å². The first-order valence-electron chi connectivity index (χ1n) is 15.3. The fourth-order valence-electron chi connectivity index (χ4n) is 7.01. The van der Waals surface area contributed by atoms with Crippen molar-refractivity contribution < 1.29 is 29.9 Å². The highest BCUT2D eigenvalue weighted by molar-refractivity contribution is 6.25. The van der Waals surface area contributed by atoms with Gasteiger partial charge in [-0.1, -0.05) is 133 Å². The lowest BCUT2D eigenvalue weighted by molar-refractivity contribution is -0.331. The van der Waals surface area contributed by atoms with E-state index in [1.165, 1.54) is 0 Å². The molecule has 46 heavy (non-hydrogen) atoms. The second-order valence-corrected chi connectivity index (χ2v) is 11.6. The van der Waals surface area contributed by atoms with Crippen LogP contribution in [-0.2, 0) is 25.8 Å². The molecule has 6 rings (SSSR count). The van der Waals surface area contributed by atoms with Crippen molar-refractivity contribution in [2.45, 2.75) is 31.0 Å². The Kier molecular flexibility index (Phi) is 8.67. The number of rotatable bonds is 11. The number of nitrogens with zero attached hydrogens (tertiary/aromatic N) is 1. The number of Topliss-reactive ketones (excluding diaryl/α,β-unsaturated/α-hetero) is 1. The van der Waals surface area contributed by atoms with E-state index < -0.39 is 28.3 Å². The van der Waals surface area contributed by atoms with Crippen molar-refractivity contribution >= 4 is 17.4 Å². The third kappa shape index (κ3) is 5.04. The third-order valence-corrected chi connectivity index (χ3v) is 9.22. The molecule has 0 atom stereocenters. The summed E-state index contributed by atoms with van der Waals surface area (Å²) in [5.74, 6) is -0.945. The number of amides is 1. The van der Waals surface area contributed by atoms with Crippen LogP contribution in [0.25, 0.3) is 0 Å². The molecular weight excluding hydrogens is 578 g/mol. The SMILES string of the molecule is CCN1C(=O)C(CC(OO)(c2ccccc2)c2ccccc2)(CC(OO)(c2ccccc2)c2ccccc2)C(=O)c2ccccc21. The van der Waals surface area contributed by atoms with Crippen molar-refractivity contribution in [2.75, 3.05) is 11.4 Å². The Morgan fingerprint density at radius 2 is 0.913 bits per heavy atom. The lowest BCUT2D eigenvalue weighted by Gasteiger charge is -2.48. The molecule has 1 aliphatic rings. The van der Waals surface area contributed by atoms with E-state index in [1.54, 1.807) is 77.7 Å². The highest BCUT2D eigenvalue weighted by Crippen LogP contribution is 2.55. The number of hydrogen-bond acceptors (Lipinski definition) is 6. The molecule has 0 spiro atoms. The van der Waals surface area contributed by atoms with Crippen molar-refractivity contribution in [3.05, 3.63) is 173 Å². The molecule has 0 fully saturated rings. The van der Waals surface area contributed by atoms with Gasteiger partial charge in [0.25, 0.3) is 0 Å². The van der Waals surface area contributed by atoms with E-state index in [0.29, 0.717) is 33.5 Å². The summed E-state index contributed by atoms with van der Waals surface area (Å²) in [7, 11) is 0. The Bertz CT molecular complexity index is 1620. The van der Waals surface area contributed by atoms with Gasteiger partial charge in [0, 0.05) is 24.9 Å². The predicted molar refractivity (Wildman–Crippen MR) is 175 cm³/mol. The largest absolute Gasteiger partial charge is 0.311 e. The average Bonchev–Trinajstić information content (AvgIpc) is 3.13. The van der Waals surface area contributed by atoms with E-state index in [4.69, 9.17) is 9.78 Å². The summed E-state index contributed by atoms with van der Waals surface area (Å²) < 4.78 is 0. The maximum atomic E-state index is 15.2. The van der Waals surface area contributed by atoms with Crippen LogP contribution in [-0.4, -0.2) is 28.7 Å². The summed E-state index contributed by atoms with van der Waals surface area (Å²) in [5, 5.41) is 22.0. The fourth-order valence-corrected chi connectivity index (χ4v) is 7.01. The zero-order chi connectivity index (χ0) is 32.2. The van der Waals surface area contributed by atoms with Crippen molar-refractivity contribution in [3.63, 3.8) is 0 Å². The van der Waals surface area contributed by atoms with E-state index in [2.05, 4.69) is 0 Å². The Morgan fingerprint density at radius 3 is 1.26 bits per heavy atom. The van der Waals surface area contributed by atoms with Gasteiger partial charge < -0.3 is 4.90 Å². The first kappa shape index (κ1) is 31.1. The highest BCUT2D eigenvalue weighted by atomic mass is 17.1. The molecule has 0 aliphatic carbocycles. The molecule has 0 saturated carbocycles. The molecule has 0 aromatic heterocycles. The van der Waals surface area contributed by atoms with E-state index in [1.807, 2.05) is 79.7 Å². The first-order valence-corrected chi connectivity index (χ1v) is 15.3. The van der Waals surface area contributed by atoms with Crippen molar-refractivity contribution in [1.29, 1.82) is 0 Å². The van der Waals surface area contributed by atoms with Crippen molar-refractivity contribution in [1.82, 2.24) is 0 Å². The monoisotopic (exact) mass is 613 g/mol. The Hall–Kier alpha value is -4.92. The summed E-state index contributed by atoms with van der Waals surface area (Å²) in [6, 6.07) is 43.2. The molecule has 1 aliphatic heterocycles. The van der Waals surface area contributed by atoms with Crippen LogP contribution in [0.2, 0.25) is 0 Å². The van der Waals surface area contributed by atoms with Gasteiger partial charge in [-0.05, 0) is 41.3 Å². The zero-order valence-electron chi connectivity index (χ0n) is 25.5. The number of carbonyl (C=O) groups is 2. The predicted octanol–water partition coefficient (Wildman–Crippen LogP) is 7.87. The molecule has 1 amide bonds. The zero-order valence-corrected chi connectivity index (χ0v) is 25.5. The molecule has 1 heterocycles. The number of hydrogen-bond donors (Lipinski definition) is 2. The van der Waals surface area contributed by atoms with Gasteiger partial charge in [-0.2, -0.15) is 0 Å². The second kappa shape index (κ2) is 12.8. The average molecular weight is 614 g/mol. The number of ketones is 1. The molecule has 232 valence electrons. The maximum Gasteiger partial charge on any atom is 0.241 e. The maximum absolute atomic E-state index is 15.2. The van der Waals surface area contributed by atoms with Gasteiger partial charge >= 0.3 is 0 Å². The van der Waals surface area contributed by atoms with E-state index in [-0.39, 0.29) is 19.4 Å². The quantitative estimate of drug-likeness (QED) is 0.0894. The van der Waals surface area contributed by atoms with Gasteiger partial charge in [-0.15, -0.1) is 0 Å². The first-order chi connectivity index (χ1) is 22.5. The van der Waals surface area contributed by atoms with Crippen molar-refractivity contribution in [3.8, 4) is 0 Å². The van der Waals surface area contributed by atoms with Gasteiger partial charge in [0.1, 0.15) is 5.41 Å². The normalized spacial score (nSPS) is 14.6. The van der Waals surface area contributed by atoms with Crippen LogP contribution in [0, 0.1) is 5.41 Å². The highest BCUT2D eigenvalue weighted by Gasteiger charge is 2.61. The second-order valence-electron chi connectivity index (χ2n) is 11.6. The summed E-state index contributed by atoms with van der Waals surface area (Å²) >= 11 is 0. The van der Waals surface area contributed by atoms with E-state index in [9.17, 15) is 10.5 Å². The molecule has 0 unspecified atom stereocenters. The fraction of sp³-hybridized carbons (Fsp3) is 0.179. The number of para-hydroxylation sites is 1. The van der Waals surface area contributed by atoms with Crippen LogP contribution in [0.15, 0.2) is 146 Å². The van der Waals surface area contributed by atoms with Crippen LogP contribution >= 0.6 is 0 Å². The smallest absolute Gasteiger partial charge is 0.241 e. The van der Waals surface area contributed by atoms with E-state index >= 15 is 9.59 Å². The molecule has 7 heteroatoms. The van der Waals surface area contributed by atoms with Gasteiger partial charge in [0.2, 0.25) is 5.91 Å². The standard InChI is InChI=1S/C39H35NO6/c1-2-40-34-26-16-15-25-33(34)35(41)37(36(40)42,27-38(45-43,29-17-7-3-8-18-29)30-19-9-4-10-20-30)28-39(46-44,31-21-11-5-12-22-31)32-23-13-6-14-24-32/h3-26,43-44H,2,27-28H2,1H3. The van der Waals surface area contributed by atoms with Crippen LogP contribution in [0.4, 0.5) is 5.69 Å². The lowest BCUT2D eigenvalue weighted by atomic mass is 9.60. The molecule has 5 aromatic carbocycles. The molecule has 5 aromatic rings. The van der Waals surface area contributed by atoms with Gasteiger partial charge in [0.15, 0.2) is 17.0 Å². The summed E-state index contributed by atoms with van der Waals surface area (Å²) in [4.78, 5) is 43.0. The van der Waals surface area contributed by atoms with Gasteiger partial charge in [0.05, 0.1) is 5.69 Å². The molecule has 2 N–H and O–H groups in total. The topological polar surface area (TPSA) is 96.3 Å². The third-order valence-electron chi connectivity index (χ3n) is 9.22. The molecule has 0 bridgehead atoms. The summed E-state index contributed by atoms with van der Waals surface area (Å²) in [6.45, 7) is 2.13. The Balaban J connectivity index is 1.68. The van der Waals surface area contributed by atoms with E-state index in [0.717, 1.165) is 0 Å². The number of carbonyl (C=O) groups excluding carboxylic acids is 2. The van der Waals surface area contributed by atoms with Crippen LogP contribution in [0.1, 0.15) is 52.4 Å². The molecule has 0 radical (unpaired) electrons. The lowest BCUT2D eigenvalue weighted by Crippen LogP contribution is -2.58. The van der Waals surface area contributed by atoms with Gasteiger partial charge in [-0.25, -0.2) is 9.78 Å². The van der Waals surface area contributed by atoms with Gasteiger partial charge in [-0.3, -0.25) is 20.1 Å². The molecule has 7 nitrogen and oxygen atoms in total. The Labute approximate surface area is 268 Å². The summed E-state index contributed by atoms with van der Waals surface area (Å²) in [6.07, 6.45) is -0.615. The number of fused-ring (bicyclic) bond motifs is 1. The number of benzene rings is 5. The Morgan fingerprint density at radius 1 is 0.565 bits per heavy atom. The number of anilines is 1. The minimum atomic E-state index is -1.92. The molecular formula is C39H35NO6. The van der Waals surface area contributed by atoms with Crippen LogP contribution < -0.4 is 4.90 Å². The van der Waals surface area contributed by atoms with Crippen LogP contribution in [0.3, 0.4) is 0 Å².